The molecule has 1 amide bonds. The van der Waals surface area contributed by atoms with Crippen LogP contribution in [0.5, 0.6) is 5.75 Å². The number of fused-ring (bicyclic) bond motifs is 1. The number of carbonyl (C=O) groups is 1. The molecule has 2 aromatic carbocycles. The molecule has 0 saturated heterocycles. The molecule has 28 heavy (non-hydrogen) atoms. The molecule has 2 heterocycles. The summed E-state index contributed by atoms with van der Waals surface area (Å²) >= 11 is 3.49. The zero-order valence-corrected chi connectivity index (χ0v) is 16.7. The number of ether oxygens (including phenoxy) is 1. The van der Waals surface area contributed by atoms with Gasteiger partial charge in [0.2, 0.25) is 11.8 Å². The van der Waals surface area contributed by atoms with Gasteiger partial charge in [0.25, 0.3) is 0 Å². The van der Waals surface area contributed by atoms with Crippen LogP contribution in [0, 0.1) is 6.92 Å². The average Bonchev–Trinajstić information content (AvgIpc) is 3.07. The first-order valence-corrected chi connectivity index (χ1v) is 9.48. The summed E-state index contributed by atoms with van der Waals surface area (Å²) in [6.07, 6.45) is 3.71. The van der Waals surface area contributed by atoms with Gasteiger partial charge in [-0.15, -0.1) is 0 Å². The maximum Gasteiger partial charge on any atom is 0.231 e. The molecule has 0 unspecified atom stereocenters. The summed E-state index contributed by atoms with van der Waals surface area (Å²) < 4.78 is 33.0. The number of aromatic nitrogens is 1. The molecule has 0 spiro atoms. The molecule has 1 aliphatic rings. The van der Waals surface area contributed by atoms with Crippen molar-refractivity contribution in [3.05, 3.63) is 75.9 Å². The topological polar surface area (TPSA) is 55.6 Å². The number of carbonyl (C=O) groups excluding carboxylic acids is 1. The van der Waals surface area contributed by atoms with Gasteiger partial charge in [0.05, 0.1) is 36.0 Å². The van der Waals surface area contributed by atoms with Crippen LogP contribution in [0.4, 0.5) is 5.69 Å². The van der Waals surface area contributed by atoms with Gasteiger partial charge in [-0.1, -0.05) is 34.1 Å². The number of hydrogen-bond donors (Lipinski definition) is 0. The lowest BCUT2D eigenvalue weighted by atomic mass is 10.1. The Morgan fingerprint density at radius 3 is 2.82 bits per heavy atom. The Morgan fingerprint density at radius 2 is 2.11 bits per heavy atom. The molecule has 0 radical (unpaired) electrons. The minimum Gasteiger partial charge on any atom is -0.497 e. The predicted octanol–water partition coefficient (Wildman–Crippen LogP) is 5.23. The smallest absolute Gasteiger partial charge is 0.231 e. The molecule has 0 bridgehead atoms. The van der Waals surface area contributed by atoms with E-state index in [2.05, 4.69) is 20.9 Å². The molecule has 1 aromatic heterocycles. The van der Waals surface area contributed by atoms with Gasteiger partial charge in [-0.2, -0.15) is 0 Å². The second kappa shape index (κ2) is 7.64. The fraction of sp³-hybridized carbons (Fsp3) is 0.182. The van der Waals surface area contributed by atoms with E-state index in [1.54, 1.807) is 35.4 Å². The highest BCUT2D eigenvalue weighted by Crippen LogP contribution is 2.35. The van der Waals surface area contributed by atoms with Gasteiger partial charge in [-0.05, 0) is 48.4 Å². The number of halogens is 1. The first kappa shape index (κ1) is 15.1. The van der Waals surface area contributed by atoms with Gasteiger partial charge >= 0.3 is 0 Å². The summed E-state index contributed by atoms with van der Waals surface area (Å²) in [5.74, 6) is 1.27. The normalized spacial score (nSPS) is 15.8. The highest BCUT2D eigenvalue weighted by Gasteiger charge is 2.26. The number of hydrogen-bond acceptors (Lipinski definition) is 4. The predicted molar refractivity (Wildman–Crippen MR) is 112 cm³/mol. The zero-order chi connectivity index (χ0) is 22.2. The summed E-state index contributed by atoms with van der Waals surface area (Å²) in [5, 5.41) is 0. The van der Waals surface area contributed by atoms with Crippen molar-refractivity contribution < 1.29 is 18.1 Å². The van der Waals surface area contributed by atoms with Gasteiger partial charge in [0.15, 0.2) is 0 Å². The van der Waals surface area contributed by atoms with Crippen LogP contribution < -0.4 is 9.64 Å². The molecule has 0 atom stereocenters. The average molecular weight is 442 g/mol. The molecule has 1 aliphatic heterocycles. The van der Waals surface area contributed by atoms with Crippen molar-refractivity contribution >= 4 is 39.2 Å². The number of amides is 1. The molecule has 6 heteroatoms. The number of nitrogens with zero attached hydrogens (tertiary/aromatic N) is 2. The van der Waals surface area contributed by atoms with Crippen LogP contribution in [0.1, 0.15) is 33.3 Å². The third-order valence-corrected chi connectivity index (χ3v) is 5.03. The number of methoxy groups -OCH3 is 1. The Labute approximate surface area is 176 Å². The number of benzene rings is 2. The quantitative estimate of drug-likeness (QED) is 0.555. The number of rotatable bonds is 4. The Bertz CT molecular complexity index is 1150. The number of anilines is 1. The molecule has 0 fully saturated rings. The highest BCUT2D eigenvalue weighted by molar-refractivity contribution is 9.10. The molecule has 5 nitrogen and oxygen atoms in total. The van der Waals surface area contributed by atoms with E-state index in [1.165, 1.54) is 0 Å². The Hall–Kier alpha value is -2.86. The lowest BCUT2D eigenvalue weighted by molar-refractivity contribution is -0.117. The standard InChI is InChI=1S/C22H19BrN2O3/c1-14-12-24-22(28-14)17-9-16-5-6-18(23)11-20(16)25(21(26)10-17)13-15-3-7-19(27-2)8-4-15/h3-9,11-12H,10,13H2,1-2H3/i2D3. The van der Waals surface area contributed by atoms with Crippen LogP contribution in [0.15, 0.2) is 57.6 Å². The van der Waals surface area contributed by atoms with E-state index in [0.717, 1.165) is 21.3 Å². The molecule has 0 N–H and O–H groups in total. The van der Waals surface area contributed by atoms with Crippen molar-refractivity contribution in [2.24, 2.45) is 0 Å². The van der Waals surface area contributed by atoms with Gasteiger partial charge in [0.1, 0.15) is 11.5 Å². The fourth-order valence-electron chi connectivity index (χ4n) is 3.16. The van der Waals surface area contributed by atoms with Crippen LogP contribution in [0.25, 0.3) is 11.6 Å². The zero-order valence-electron chi connectivity index (χ0n) is 18.1. The number of aryl methyl sites for hydroxylation is 1. The maximum atomic E-state index is 13.2. The van der Waals surface area contributed by atoms with Crippen LogP contribution in [-0.2, 0) is 11.3 Å². The van der Waals surface area contributed by atoms with Gasteiger partial charge in [-0.3, -0.25) is 4.79 Å². The van der Waals surface area contributed by atoms with Crippen molar-refractivity contribution in [3.63, 3.8) is 0 Å². The van der Waals surface area contributed by atoms with E-state index < -0.39 is 7.04 Å². The molecule has 4 rings (SSSR count). The second-order valence-electron chi connectivity index (χ2n) is 6.55. The third kappa shape index (κ3) is 3.73. The summed E-state index contributed by atoms with van der Waals surface area (Å²) in [7, 11) is -2.51. The minimum absolute atomic E-state index is 0.0956. The van der Waals surface area contributed by atoms with Crippen molar-refractivity contribution in [1.82, 2.24) is 4.98 Å². The third-order valence-electron chi connectivity index (χ3n) is 4.53. The highest BCUT2D eigenvalue weighted by atomic mass is 79.9. The molecule has 0 aliphatic carbocycles. The van der Waals surface area contributed by atoms with Gasteiger partial charge in [0, 0.05) is 10.0 Å². The molecule has 142 valence electrons. The van der Waals surface area contributed by atoms with Crippen molar-refractivity contribution in [3.8, 4) is 5.75 Å². The maximum absolute atomic E-state index is 13.2. The van der Waals surface area contributed by atoms with E-state index in [-0.39, 0.29) is 18.1 Å². The van der Waals surface area contributed by atoms with E-state index in [1.807, 2.05) is 31.2 Å². The van der Waals surface area contributed by atoms with E-state index in [9.17, 15) is 4.79 Å². The van der Waals surface area contributed by atoms with Crippen molar-refractivity contribution in [2.45, 2.75) is 19.9 Å². The van der Waals surface area contributed by atoms with Gasteiger partial charge < -0.3 is 14.1 Å². The van der Waals surface area contributed by atoms with Gasteiger partial charge in [-0.25, -0.2) is 4.98 Å². The largest absolute Gasteiger partial charge is 0.497 e. The lowest BCUT2D eigenvalue weighted by Crippen LogP contribution is -2.30. The van der Waals surface area contributed by atoms with E-state index >= 15 is 0 Å². The lowest BCUT2D eigenvalue weighted by Gasteiger charge is -2.23. The minimum atomic E-state index is -2.51. The van der Waals surface area contributed by atoms with Crippen LogP contribution >= 0.6 is 15.9 Å². The van der Waals surface area contributed by atoms with Crippen molar-refractivity contribution in [1.29, 1.82) is 0 Å². The molecular formula is C22H19BrN2O3. The molecule has 0 saturated carbocycles. The first-order valence-electron chi connectivity index (χ1n) is 10.2. The van der Waals surface area contributed by atoms with Crippen LogP contribution in [0.2, 0.25) is 0 Å². The summed E-state index contributed by atoms with van der Waals surface area (Å²) in [5.41, 5.74) is 3.20. The van der Waals surface area contributed by atoms with E-state index in [4.69, 9.17) is 13.3 Å². The SMILES string of the molecule is [2H]C([2H])([2H])Oc1ccc(CN2C(=O)CC(c3ncc(C)o3)=Cc3ccc(Br)cc32)cc1. The monoisotopic (exact) mass is 441 g/mol. The second-order valence-corrected chi connectivity index (χ2v) is 7.47. The summed E-state index contributed by atoms with van der Waals surface area (Å²) in [4.78, 5) is 19.2. The number of oxazole rings is 1. The van der Waals surface area contributed by atoms with Crippen molar-refractivity contribution in [2.75, 3.05) is 11.9 Å². The van der Waals surface area contributed by atoms with E-state index in [0.29, 0.717) is 23.8 Å². The fourth-order valence-corrected chi connectivity index (χ4v) is 3.51. The Kier molecular flexibility index (Phi) is 4.12. The Balaban J connectivity index is 1.65. The summed E-state index contributed by atoms with van der Waals surface area (Å²) in [6, 6.07) is 12.4. The first-order chi connectivity index (χ1) is 14.7. The van der Waals surface area contributed by atoms with Crippen LogP contribution in [-0.4, -0.2) is 17.9 Å². The van der Waals surface area contributed by atoms with Crippen LogP contribution in [0.3, 0.4) is 0 Å². The Morgan fingerprint density at radius 1 is 1.29 bits per heavy atom. The molecular weight excluding hydrogens is 420 g/mol. The summed E-state index contributed by atoms with van der Waals surface area (Å²) in [6.45, 7) is 2.13. The molecule has 3 aromatic rings.